The summed E-state index contributed by atoms with van der Waals surface area (Å²) in [6, 6.07) is 7.37. The average molecular weight is 272 g/mol. The highest BCUT2D eigenvalue weighted by Gasteiger charge is 2.33. The summed E-state index contributed by atoms with van der Waals surface area (Å²) >= 11 is 0. The quantitative estimate of drug-likeness (QED) is 0.799. The zero-order valence-electron chi connectivity index (χ0n) is 11.2. The molecule has 1 saturated heterocycles. The number of likely N-dealkylation sites (N-methyl/N-ethyl adjacent to an activating group) is 1. The van der Waals surface area contributed by atoms with Gasteiger partial charge in [0.1, 0.15) is 6.04 Å². The maximum atomic E-state index is 11.9. The molecule has 2 aliphatic heterocycles. The van der Waals surface area contributed by atoms with Gasteiger partial charge in [0.15, 0.2) is 6.10 Å². The molecule has 2 aliphatic rings. The summed E-state index contributed by atoms with van der Waals surface area (Å²) < 4.78 is 5.34. The molecule has 104 valence electrons. The molecule has 2 unspecified atom stereocenters. The van der Waals surface area contributed by atoms with E-state index in [-0.39, 0.29) is 5.91 Å². The summed E-state index contributed by atoms with van der Waals surface area (Å²) in [6.45, 7) is 1.81. The second-order valence-electron chi connectivity index (χ2n) is 5.05. The Bertz CT molecular complexity index is 595. The topological polar surface area (TPSA) is 82.6 Å². The number of hydrogen-bond acceptors (Lipinski definition) is 5. The predicted molar refractivity (Wildman–Crippen MR) is 74.3 cm³/mol. The highest BCUT2D eigenvalue weighted by Crippen LogP contribution is 2.36. The minimum atomic E-state index is -0.569. The van der Waals surface area contributed by atoms with Crippen LogP contribution in [0.2, 0.25) is 0 Å². The Kier molecular flexibility index (Phi) is 3.08. The van der Waals surface area contributed by atoms with Gasteiger partial charge in [-0.3, -0.25) is 4.79 Å². The summed E-state index contributed by atoms with van der Waals surface area (Å²) in [5, 5.41) is 8.95. The molecule has 1 aromatic carbocycles. The molecule has 1 fully saturated rings. The molecule has 1 aromatic rings. The highest BCUT2D eigenvalue weighted by atomic mass is 16.5. The lowest BCUT2D eigenvalue weighted by molar-refractivity contribution is -0.118. The molecule has 0 saturated carbocycles. The van der Waals surface area contributed by atoms with Crippen molar-refractivity contribution in [2.75, 3.05) is 36.5 Å². The first-order valence-corrected chi connectivity index (χ1v) is 6.55. The van der Waals surface area contributed by atoms with Crippen molar-refractivity contribution in [1.82, 2.24) is 0 Å². The molecule has 0 bridgehead atoms. The Balaban J connectivity index is 1.90. The highest BCUT2D eigenvalue weighted by molar-refractivity contribution is 6.04. The van der Waals surface area contributed by atoms with Crippen molar-refractivity contribution in [3.05, 3.63) is 23.8 Å². The van der Waals surface area contributed by atoms with E-state index in [1.807, 2.05) is 18.2 Å². The average Bonchev–Trinajstić information content (AvgIpc) is 2.72. The molecule has 0 spiro atoms. The third-order valence-electron chi connectivity index (χ3n) is 3.88. The first kappa shape index (κ1) is 12.9. The normalized spacial score (nSPS) is 25.6. The monoisotopic (exact) mass is 272 g/mol. The van der Waals surface area contributed by atoms with Gasteiger partial charge in [-0.25, -0.2) is 0 Å². The van der Waals surface area contributed by atoms with Crippen molar-refractivity contribution in [2.24, 2.45) is 5.73 Å². The van der Waals surface area contributed by atoms with E-state index in [1.54, 1.807) is 11.9 Å². The predicted octanol–water partition coefficient (Wildman–Crippen LogP) is 0.392. The first-order valence-electron chi connectivity index (χ1n) is 6.55. The minimum Gasteiger partial charge on any atom is -0.365 e. The molecule has 3 rings (SSSR count). The minimum absolute atomic E-state index is 0.0889. The lowest BCUT2D eigenvalue weighted by atomic mass is 10.1. The summed E-state index contributed by atoms with van der Waals surface area (Å²) in [4.78, 5) is 15.6. The van der Waals surface area contributed by atoms with Crippen LogP contribution >= 0.6 is 0 Å². The van der Waals surface area contributed by atoms with Crippen LogP contribution in [0, 0.1) is 11.3 Å². The second kappa shape index (κ2) is 4.78. The fourth-order valence-corrected chi connectivity index (χ4v) is 2.70. The number of morpholine rings is 1. The summed E-state index contributed by atoms with van der Waals surface area (Å²) in [7, 11) is 1.73. The molecule has 0 aromatic heterocycles. The van der Waals surface area contributed by atoms with Gasteiger partial charge in [0, 0.05) is 24.8 Å². The van der Waals surface area contributed by atoms with Crippen LogP contribution in [-0.2, 0) is 9.53 Å². The number of anilines is 2. The van der Waals surface area contributed by atoms with Crippen molar-refractivity contribution in [3.8, 4) is 6.07 Å². The fourth-order valence-electron chi connectivity index (χ4n) is 2.70. The van der Waals surface area contributed by atoms with Crippen molar-refractivity contribution < 1.29 is 9.53 Å². The maximum absolute atomic E-state index is 11.9. The summed E-state index contributed by atoms with van der Waals surface area (Å²) in [5.41, 5.74) is 8.57. The molecule has 6 heteroatoms. The number of nitrogens with zero attached hydrogens (tertiary/aromatic N) is 3. The molecule has 20 heavy (non-hydrogen) atoms. The van der Waals surface area contributed by atoms with E-state index in [4.69, 9.17) is 15.7 Å². The van der Waals surface area contributed by atoms with Crippen LogP contribution in [-0.4, -0.2) is 38.8 Å². The standard InChI is InChI=1S/C14H16N4O2/c1-17-12-6-9(2-3-11(12)13(16)14(17)19)18-4-5-20-10(7-15)8-18/h2-3,6,10,13H,4-5,8,16H2,1H3. The summed E-state index contributed by atoms with van der Waals surface area (Å²) in [5.74, 6) is -0.0889. The molecule has 0 aliphatic carbocycles. The van der Waals surface area contributed by atoms with Crippen molar-refractivity contribution in [3.63, 3.8) is 0 Å². The largest absolute Gasteiger partial charge is 0.365 e. The van der Waals surface area contributed by atoms with Crippen LogP contribution < -0.4 is 15.5 Å². The van der Waals surface area contributed by atoms with E-state index in [9.17, 15) is 4.79 Å². The first-order chi connectivity index (χ1) is 9.61. The van der Waals surface area contributed by atoms with Crippen molar-refractivity contribution >= 4 is 17.3 Å². The second-order valence-corrected chi connectivity index (χ2v) is 5.05. The SMILES string of the molecule is CN1C(=O)C(N)c2ccc(N3CCOC(C#N)C3)cc21. The summed E-state index contributed by atoms with van der Waals surface area (Å²) in [6.07, 6.45) is -0.404. The van der Waals surface area contributed by atoms with Crippen molar-refractivity contribution in [2.45, 2.75) is 12.1 Å². The Morgan fingerprint density at radius 2 is 2.30 bits per heavy atom. The Hall–Kier alpha value is -2.10. The van der Waals surface area contributed by atoms with E-state index >= 15 is 0 Å². The van der Waals surface area contributed by atoms with Gasteiger partial charge in [0.05, 0.1) is 24.9 Å². The van der Waals surface area contributed by atoms with E-state index in [2.05, 4.69) is 11.0 Å². The van der Waals surface area contributed by atoms with Gasteiger partial charge >= 0.3 is 0 Å². The lowest BCUT2D eigenvalue weighted by Gasteiger charge is -2.32. The zero-order valence-corrected chi connectivity index (χ0v) is 11.2. The Morgan fingerprint density at radius 1 is 1.50 bits per heavy atom. The fraction of sp³-hybridized carbons (Fsp3) is 0.429. The molecular formula is C14H16N4O2. The number of rotatable bonds is 1. The number of hydrogen-bond donors (Lipinski definition) is 1. The van der Waals surface area contributed by atoms with Gasteiger partial charge in [-0.05, 0) is 12.1 Å². The van der Waals surface area contributed by atoms with Gasteiger partial charge < -0.3 is 20.3 Å². The van der Waals surface area contributed by atoms with Crippen LogP contribution in [0.1, 0.15) is 11.6 Å². The molecule has 6 nitrogen and oxygen atoms in total. The lowest BCUT2D eigenvalue weighted by Crippen LogP contribution is -2.41. The van der Waals surface area contributed by atoms with E-state index in [0.717, 1.165) is 23.5 Å². The zero-order chi connectivity index (χ0) is 14.3. The van der Waals surface area contributed by atoms with Gasteiger partial charge in [-0.2, -0.15) is 5.26 Å². The van der Waals surface area contributed by atoms with Gasteiger partial charge in [0.25, 0.3) is 0 Å². The maximum Gasteiger partial charge on any atom is 0.248 e. The van der Waals surface area contributed by atoms with Crippen LogP contribution in [0.5, 0.6) is 0 Å². The van der Waals surface area contributed by atoms with Crippen LogP contribution in [0.3, 0.4) is 0 Å². The van der Waals surface area contributed by atoms with Gasteiger partial charge in [-0.15, -0.1) is 0 Å². The molecule has 1 amide bonds. The molecule has 2 atom stereocenters. The molecule has 0 radical (unpaired) electrons. The Labute approximate surface area is 117 Å². The van der Waals surface area contributed by atoms with E-state index in [1.165, 1.54) is 0 Å². The molecular weight excluding hydrogens is 256 g/mol. The molecule has 2 N–H and O–H groups in total. The Morgan fingerprint density at radius 3 is 3.05 bits per heavy atom. The number of nitrogens with two attached hydrogens (primary N) is 1. The number of benzene rings is 1. The van der Waals surface area contributed by atoms with Gasteiger partial charge in [0.2, 0.25) is 5.91 Å². The number of amides is 1. The van der Waals surface area contributed by atoms with Gasteiger partial charge in [-0.1, -0.05) is 6.07 Å². The third kappa shape index (κ3) is 1.92. The van der Waals surface area contributed by atoms with E-state index < -0.39 is 12.1 Å². The van der Waals surface area contributed by atoms with Crippen molar-refractivity contribution in [1.29, 1.82) is 5.26 Å². The number of carbonyl (C=O) groups excluding carboxylic acids is 1. The van der Waals surface area contributed by atoms with Crippen LogP contribution in [0.15, 0.2) is 18.2 Å². The van der Waals surface area contributed by atoms with E-state index in [0.29, 0.717) is 13.2 Å². The number of carbonyl (C=O) groups is 1. The number of ether oxygens (including phenoxy) is 1. The van der Waals surface area contributed by atoms with Crippen LogP contribution in [0.4, 0.5) is 11.4 Å². The van der Waals surface area contributed by atoms with Crippen LogP contribution in [0.25, 0.3) is 0 Å². The number of fused-ring (bicyclic) bond motifs is 1. The number of nitriles is 1. The smallest absolute Gasteiger partial charge is 0.248 e. The third-order valence-corrected chi connectivity index (χ3v) is 3.88. The molecule has 2 heterocycles.